The third-order valence-electron chi connectivity index (χ3n) is 5.83. The van der Waals surface area contributed by atoms with Gasteiger partial charge in [-0.3, -0.25) is 14.4 Å². The number of carbonyl (C=O) groups excluding carboxylic acids is 4. The third kappa shape index (κ3) is 4.39. The van der Waals surface area contributed by atoms with Crippen LogP contribution in [0.3, 0.4) is 0 Å². The van der Waals surface area contributed by atoms with Crippen LogP contribution in [0.2, 0.25) is 0 Å². The van der Waals surface area contributed by atoms with Gasteiger partial charge in [0.1, 0.15) is 0 Å². The monoisotopic (exact) mass is 450 g/mol. The topological polar surface area (TPSA) is 93.2 Å². The molecule has 0 N–H and O–H groups in total. The van der Waals surface area contributed by atoms with Crippen molar-refractivity contribution in [3.05, 3.63) is 64.2 Å². The molecule has 2 aromatic rings. The molecule has 2 atom stereocenters. The quantitative estimate of drug-likeness (QED) is 0.525. The van der Waals surface area contributed by atoms with E-state index < -0.39 is 24.4 Å². The predicted molar refractivity (Wildman–Crippen MR) is 120 cm³/mol. The molecule has 2 aliphatic rings. The molecule has 172 valence electrons. The van der Waals surface area contributed by atoms with Crippen molar-refractivity contribution in [3.63, 3.8) is 0 Å². The summed E-state index contributed by atoms with van der Waals surface area (Å²) in [6.07, 6.45) is -0.178. The molecule has 3 amide bonds. The summed E-state index contributed by atoms with van der Waals surface area (Å²) in [7, 11) is 0. The van der Waals surface area contributed by atoms with Crippen molar-refractivity contribution in [2.45, 2.75) is 39.9 Å². The molecule has 4 rings (SSSR count). The lowest BCUT2D eigenvalue weighted by Crippen LogP contribution is -2.49. The summed E-state index contributed by atoms with van der Waals surface area (Å²) in [5.74, 6) is -1.97. The van der Waals surface area contributed by atoms with Crippen molar-refractivity contribution in [1.29, 1.82) is 0 Å². The van der Waals surface area contributed by atoms with Crippen molar-refractivity contribution in [1.82, 2.24) is 4.90 Å². The Morgan fingerprint density at radius 1 is 0.970 bits per heavy atom. The molecule has 0 aliphatic carbocycles. The van der Waals surface area contributed by atoms with Gasteiger partial charge in [-0.25, -0.2) is 9.69 Å². The Labute approximate surface area is 192 Å². The summed E-state index contributed by atoms with van der Waals surface area (Å²) in [6, 6.07) is 9.78. The minimum absolute atomic E-state index is 0.0892. The lowest BCUT2D eigenvalue weighted by atomic mass is 10.1. The van der Waals surface area contributed by atoms with E-state index in [0.717, 1.165) is 16.0 Å². The van der Waals surface area contributed by atoms with Crippen molar-refractivity contribution < 1.29 is 28.7 Å². The first-order valence-electron chi connectivity index (χ1n) is 10.9. The molecule has 2 aliphatic heterocycles. The van der Waals surface area contributed by atoms with Crippen molar-refractivity contribution in [2.75, 3.05) is 24.6 Å². The second-order valence-corrected chi connectivity index (χ2v) is 8.63. The van der Waals surface area contributed by atoms with Gasteiger partial charge in [0.15, 0.2) is 6.61 Å². The average Bonchev–Trinajstić information content (AvgIpc) is 3.02. The van der Waals surface area contributed by atoms with E-state index in [1.165, 1.54) is 18.2 Å². The highest BCUT2D eigenvalue weighted by Crippen LogP contribution is 2.32. The number of esters is 1. The Hall–Kier alpha value is -3.52. The van der Waals surface area contributed by atoms with Gasteiger partial charge in [-0.15, -0.1) is 0 Å². The van der Waals surface area contributed by atoms with Crippen molar-refractivity contribution in [2.24, 2.45) is 0 Å². The van der Waals surface area contributed by atoms with Gasteiger partial charge in [0.05, 0.1) is 34.6 Å². The summed E-state index contributed by atoms with van der Waals surface area (Å²) in [4.78, 5) is 53.8. The molecule has 8 nitrogen and oxygen atoms in total. The Morgan fingerprint density at radius 3 is 2.33 bits per heavy atom. The van der Waals surface area contributed by atoms with Gasteiger partial charge < -0.3 is 14.4 Å². The maximum absolute atomic E-state index is 13.1. The first-order valence-corrected chi connectivity index (χ1v) is 10.9. The van der Waals surface area contributed by atoms with Gasteiger partial charge in [-0.1, -0.05) is 12.1 Å². The molecule has 0 spiro atoms. The zero-order chi connectivity index (χ0) is 23.9. The molecule has 2 heterocycles. The SMILES string of the molecule is Cc1ccc(C)c(N2C(=O)c3ccc(C(=O)OCC(=O)N4C[C@@H](C)O[C@H](C)C4)cc3C2=O)c1. The molecular weight excluding hydrogens is 424 g/mol. The maximum atomic E-state index is 13.1. The Balaban J connectivity index is 1.48. The third-order valence-corrected chi connectivity index (χ3v) is 5.83. The van der Waals surface area contributed by atoms with E-state index in [1.807, 2.05) is 39.8 Å². The molecule has 2 aromatic carbocycles. The molecule has 0 radical (unpaired) electrons. The van der Waals surface area contributed by atoms with E-state index in [-0.39, 0.29) is 34.8 Å². The Morgan fingerprint density at radius 2 is 1.64 bits per heavy atom. The van der Waals surface area contributed by atoms with Gasteiger partial charge >= 0.3 is 5.97 Å². The van der Waals surface area contributed by atoms with E-state index >= 15 is 0 Å². The van der Waals surface area contributed by atoms with Gasteiger partial charge in [0, 0.05) is 13.1 Å². The number of hydrogen-bond acceptors (Lipinski definition) is 6. The number of fused-ring (bicyclic) bond motifs is 1. The molecule has 0 saturated carbocycles. The Kier molecular flexibility index (Phi) is 6.03. The number of anilines is 1. The van der Waals surface area contributed by atoms with Crippen LogP contribution in [-0.2, 0) is 14.3 Å². The van der Waals surface area contributed by atoms with Gasteiger partial charge in [0.2, 0.25) is 0 Å². The molecule has 8 heteroatoms. The standard InChI is InChI=1S/C25H26N2O6/c1-14-5-6-15(2)21(9-14)27-23(29)19-8-7-18(10-20(19)24(27)30)25(31)32-13-22(28)26-11-16(3)33-17(4)12-26/h5-10,16-17H,11-13H2,1-4H3/t16-,17-/m1/s1. The predicted octanol–water partition coefficient (Wildman–Crippen LogP) is 2.90. The number of aryl methyl sites for hydroxylation is 2. The second kappa shape index (κ2) is 8.78. The highest BCUT2D eigenvalue weighted by atomic mass is 16.5. The molecule has 1 saturated heterocycles. The van der Waals surface area contributed by atoms with Crippen LogP contribution in [0.1, 0.15) is 56.0 Å². The molecule has 0 aromatic heterocycles. The number of hydrogen-bond donors (Lipinski definition) is 0. The van der Waals surface area contributed by atoms with E-state index in [2.05, 4.69) is 0 Å². The van der Waals surface area contributed by atoms with Gasteiger partial charge in [-0.05, 0) is 63.1 Å². The largest absolute Gasteiger partial charge is 0.452 e. The summed E-state index contributed by atoms with van der Waals surface area (Å²) in [6.45, 7) is 7.94. The van der Waals surface area contributed by atoms with Gasteiger partial charge in [0.25, 0.3) is 17.7 Å². The summed E-state index contributed by atoms with van der Waals surface area (Å²) < 4.78 is 10.8. The first-order chi connectivity index (χ1) is 15.7. The number of morpholine rings is 1. The number of benzene rings is 2. The summed E-state index contributed by atoms with van der Waals surface area (Å²) >= 11 is 0. The fourth-order valence-corrected chi connectivity index (χ4v) is 4.23. The molecule has 1 fully saturated rings. The van der Waals surface area contributed by atoms with Crippen LogP contribution in [0.25, 0.3) is 0 Å². The lowest BCUT2D eigenvalue weighted by molar-refractivity contribution is -0.146. The van der Waals surface area contributed by atoms with Crippen molar-refractivity contribution >= 4 is 29.4 Å². The number of nitrogens with zero attached hydrogens (tertiary/aromatic N) is 2. The normalized spacial score (nSPS) is 20.1. The minimum Gasteiger partial charge on any atom is -0.452 e. The average molecular weight is 450 g/mol. The zero-order valence-electron chi connectivity index (χ0n) is 19.1. The van der Waals surface area contributed by atoms with E-state index in [1.54, 1.807) is 11.0 Å². The fraction of sp³-hybridized carbons (Fsp3) is 0.360. The first kappa shape index (κ1) is 22.7. The van der Waals surface area contributed by atoms with Crippen LogP contribution in [0.15, 0.2) is 36.4 Å². The summed E-state index contributed by atoms with van der Waals surface area (Å²) in [5.41, 5.74) is 2.70. The molecule has 0 bridgehead atoms. The molecule has 0 unspecified atom stereocenters. The van der Waals surface area contributed by atoms with Gasteiger partial charge in [-0.2, -0.15) is 0 Å². The molecule has 33 heavy (non-hydrogen) atoms. The van der Waals surface area contributed by atoms with E-state index in [4.69, 9.17) is 9.47 Å². The zero-order valence-corrected chi connectivity index (χ0v) is 19.1. The van der Waals surface area contributed by atoms with Crippen LogP contribution in [0, 0.1) is 13.8 Å². The number of imide groups is 1. The van der Waals surface area contributed by atoms with Crippen LogP contribution in [0.5, 0.6) is 0 Å². The highest BCUT2D eigenvalue weighted by molar-refractivity contribution is 6.35. The second-order valence-electron chi connectivity index (χ2n) is 8.63. The van der Waals surface area contributed by atoms with E-state index in [0.29, 0.717) is 18.8 Å². The fourth-order valence-electron chi connectivity index (χ4n) is 4.23. The number of ether oxygens (including phenoxy) is 2. The number of carbonyl (C=O) groups is 4. The van der Waals surface area contributed by atoms with Crippen LogP contribution in [0.4, 0.5) is 5.69 Å². The number of amides is 3. The molecular formula is C25H26N2O6. The number of rotatable bonds is 4. The summed E-state index contributed by atoms with van der Waals surface area (Å²) in [5, 5.41) is 0. The Bertz CT molecular complexity index is 1150. The minimum atomic E-state index is -0.731. The van der Waals surface area contributed by atoms with Crippen LogP contribution < -0.4 is 4.90 Å². The van der Waals surface area contributed by atoms with Crippen LogP contribution >= 0.6 is 0 Å². The smallest absolute Gasteiger partial charge is 0.338 e. The van der Waals surface area contributed by atoms with Crippen molar-refractivity contribution in [3.8, 4) is 0 Å². The van der Waals surface area contributed by atoms with E-state index in [9.17, 15) is 19.2 Å². The van der Waals surface area contributed by atoms with Crippen LogP contribution in [-0.4, -0.2) is 60.5 Å². The maximum Gasteiger partial charge on any atom is 0.338 e. The lowest BCUT2D eigenvalue weighted by Gasteiger charge is -2.35. The highest BCUT2D eigenvalue weighted by Gasteiger charge is 2.38.